The Morgan fingerprint density at radius 3 is 2.90 bits per heavy atom. The Balaban J connectivity index is 2.46. The maximum atomic E-state index is 12.6. The second kappa shape index (κ2) is 6.59. The van der Waals surface area contributed by atoms with Gasteiger partial charge in [-0.05, 0) is 32.5 Å². The third-order valence-electron chi connectivity index (χ3n) is 3.18. The molecule has 21 heavy (non-hydrogen) atoms. The average molecular weight is 327 g/mol. The normalized spacial score (nSPS) is 13.0. The minimum Gasteiger partial charge on any atom is -0.481 e. The number of carboxylic acids is 1. The summed E-state index contributed by atoms with van der Waals surface area (Å²) < 4.78 is 2.19. The van der Waals surface area contributed by atoms with E-state index in [0.29, 0.717) is 21.9 Å². The van der Waals surface area contributed by atoms with Crippen LogP contribution in [-0.2, 0) is 11.3 Å². The van der Waals surface area contributed by atoms with E-state index in [0.717, 1.165) is 11.8 Å². The summed E-state index contributed by atoms with van der Waals surface area (Å²) in [7, 11) is 3.88. The Hall–Kier alpha value is -1.38. The van der Waals surface area contributed by atoms with Gasteiger partial charge in [0.25, 0.3) is 5.56 Å². The van der Waals surface area contributed by atoms with Gasteiger partial charge in [0.15, 0.2) is 5.16 Å². The fraction of sp³-hybridized carbons (Fsp3) is 0.462. The molecule has 8 heteroatoms. The van der Waals surface area contributed by atoms with E-state index in [9.17, 15) is 9.59 Å². The second-order valence-corrected chi connectivity index (χ2v) is 6.80. The third kappa shape index (κ3) is 3.63. The SMILES string of the molecule is CC(Cn1c(SCC(=O)O)nc2ccsc2c1=O)N(C)C. The highest BCUT2D eigenvalue weighted by Gasteiger charge is 2.16. The van der Waals surface area contributed by atoms with Crippen LogP contribution < -0.4 is 5.56 Å². The minimum atomic E-state index is -0.924. The van der Waals surface area contributed by atoms with Crippen molar-refractivity contribution in [3.8, 4) is 0 Å². The zero-order valence-corrected chi connectivity index (χ0v) is 13.7. The van der Waals surface area contributed by atoms with Crippen LogP contribution in [0.2, 0.25) is 0 Å². The largest absolute Gasteiger partial charge is 0.481 e. The van der Waals surface area contributed by atoms with Gasteiger partial charge in [0, 0.05) is 12.6 Å². The maximum Gasteiger partial charge on any atom is 0.313 e. The summed E-state index contributed by atoms with van der Waals surface area (Å²) in [5.74, 6) is -1.04. The van der Waals surface area contributed by atoms with Crippen molar-refractivity contribution in [2.75, 3.05) is 19.8 Å². The second-order valence-electron chi connectivity index (χ2n) is 4.94. The van der Waals surface area contributed by atoms with Gasteiger partial charge in [-0.25, -0.2) is 4.98 Å². The fourth-order valence-electron chi connectivity index (χ4n) is 1.75. The number of aromatic nitrogens is 2. The molecule has 2 heterocycles. The van der Waals surface area contributed by atoms with E-state index < -0.39 is 5.97 Å². The van der Waals surface area contributed by atoms with Crippen LogP contribution in [0.3, 0.4) is 0 Å². The van der Waals surface area contributed by atoms with Gasteiger partial charge in [-0.2, -0.15) is 0 Å². The number of fused-ring (bicyclic) bond motifs is 1. The number of nitrogens with zero attached hydrogens (tertiary/aromatic N) is 3. The van der Waals surface area contributed by atoms with Gasteiger partial charge in [0.2, 0.25) is 0 Å². The van der Waals surface area contributed by atoms with Crippen molar-refractivity contribution >= 4 is 39.3 Å². The fourth-order valence-corrected chi connectivity index (χ4v) is 3.26. The predicted octanol–water partition coefficient (Wildman–Crippen LogP) is 1.58. The molecular weight excluding hydrogens is 310 g/mol. The van der Waals surface area contributed by atoms with Crippen LogP contribution in [0, 0.1) is 0 Å². The van der Waals surface area contributed by atoms with Crippen molar-refractivity contribution in [3.05, 3.63) is 21.8 Å². The zero-order valence-electron chi connectivity index (χ0n) is 12.1. The summed E-state index contributed by atoms with van der Waals surface area (Å²) in [5.41, 5.74) is 0.531. The predicted molar refractivity (Wildman–Crippen MR) is 85.4 cm³/mol. The number of thiophene rings is 1. The highest BCUT2D eigenvalue weighted by atomic mass is 32.2. The van der Waals surface area contributed by atoms with E-state index in [1.54, 1.807) is 10.6 Å². The molecule has 0 amide bonds. The van der Waals surface area contributed by atoms with Gasteiger partial charge in [-0.3, -0.25) is 14.2 Å². The van der Waals surface area contributed by atoms with Gasteiger partial charge >= 0.3 is 5.97 Å². The molecule has 0 aromatic carbocycles. The van der Waals surface area contributed by atoms with Crippen LogP contribution in [-0.4, -0.2) is 51.4 Å². The van der Waals surface area contributed by atoms with Crippen molar-refractivity contribution in [2.24, 2.45) is 0 Å². The van der Waals surface area contributed by atoms with Gasteiger partial charge in [-0.15, -0.1) is 11.3 Å². The molecule has 1 atom stereocenters. The summed E-state index contributed by atoms with van der Waals surface area (Å²) in [5, 5.41) is 11.1. The van der Waals surface area contributed by atoms with Gasteiger partial charge in [-0.1, -0.05) is 11.8 Å². The Morgan fingerprint density at radius 1 is 1.57 bits per heavy atom. The van der Waals surface area contributed by atoms with Crippen LogP contribution >= 0.6 is 23.1 Å². The first-order valence-electron chi connectivity index (χ1n) is 6.39. The quantitative estimate of drug-likeness (QED) is 0.641. The molecule has 2 aromatic heterocycles. The van der Waals surface area contributed by atoms with Gasteiger partial charge < -0.3 is 10.0 Å². The highest BCUT2D eigenvalue weighted by molar-refractivity contribution is 7.99. The summed E-state index contributed by atoms with van der Waals surface area (Å²) in [6.07, 6.45) is 0. The van der Waals surface area contributed by atoms with Crippen molar-refractivity contribution in [1.82, 2.24) is 14.5 Å². The standard InChI is InChI=1S/C13H17N3O3S2/c1-8(15(2)3)6-16-12(19)11-9(4-5-20-11)14-13(16)21-7-10(17)18/h4-5,8H,6-7H2,1-3H3,(H,17,18). The van der Waals surface area contributed by atoms with Crippen LogP contribution in [0.15, 0.2) is 21.4 Å². The smallest absolute Gasteiger partial charge is 0.313 e. The lowest BCUT2D eigenvalue weighted by atomic mass is 10.3. The topological polar surface area (TPSA) is 75.4 Å². The first-order chi connectivity index (χ1) is 9.90. The van der Waals surface area contributed by atoms with E-state index in [-0.39, 0.29) is 17.4 Å². The molecule has 0 saturated heterocycles. The molecule has 0 aliphatic carbocycles. The van der Waals surface area contributed by atoms with E-state index in [4.69, 9.17) is 5.11 Å². The number of carboxylic acid groups (broad SMARTS) is 1. The van der Waals surface area contributed by atoms with E-state index in [1.807, 2.05) is 31.3 Å². The average Bonchev–Trinajstić information content (AvgIpc) is 2.88. The monoisotopic (exact) mass is 327 g/mol. The van der Waals surface area contributed by atoms with Crippen molar-refractivity contribution in [3.63, 3.8) is 0 Å². The van der Waals surface area contributed by atoms with E-state index in [2.05, 4.69) is 4.98 Å². The Bertz CT molecular complexity index is 708. The van der Waals surface area contributed by atoms with Crippen molar-refractivity contribution < 1.29 is 9.90 Å². The molecule has 6 nitrogen and oxygen atoms in total. The molecule has 0 radical (unpaired) electrons. The molecule has 2 aromatic rings. The summed E-state index contributed by atoms with van der Waals surface area (Å²) >= 11 is 2.44. The molecule has 0 bridgehead atoms. The molecular formula is C13H17N3O3S2. The molecule has 2 rings (SSSR count). The van der Waals surface area contributed by atoms with Gasteiger partial charge in [0.1, 0.15) is 4.70 Å². The number of thioether (sulfide) groups is 1. The molecule has 0 spiro atoms. The number of aliphatic carboxylic acids is 1. The van der Waals surface area contributed by atoms with Crippen LogP contribution in [0.5, 0.6) is 0 Å². The highest BCUT2D eigenvalue weighted by Crippen LogP contribution is 2.21. The molecule has 1 N–H and O–H groups in total. The number of hydrogen-bond donors (Lipinski definition) is 1. The maximum absolute atomic E-state index is 12.6. The van der Waals surface area contributed by atoms with Crippen molar-refractivity contribution in [2.45, 2.75) is 24.7 Å². The summed E-state index contributed by atoms with van der Waals surface area (Å²) in [4.78, 5) is 29.8. The lowest BCUT2D eigenvalue weighted by Crippen LogP contribution is -2.34. The molecule has 1 unspecified atom stereocenters. The molecule has 0 aliphatic heterocycles. The van der Waals surface area contributed by atoms with Crippen LogP contribution in [0.1, 0.15) is 6.92 Å². The number of rotatable bonds is 6. The Morgan fingerprint density at radius 2 is 2.29 bits per heavy atom. The minimum absolute atomic E-state index is 0.100. The van der Waals surface area contributed by atoms with E-state index in [1.165, 1.54) is 11.3 Å². The van der Waals surface area contributed by atoms with Crippen LogP contribution in [0.25, 0.3) is 10.2 Å². The van der Waals surface area contributed by atoms with Crippen LogP contribution in [0.4, 0.5) is 0 Å². The first kappa shape index (κ1) is 16.0. The lowest BCUT2D eigenvalue weighted by Gasteiger charge is -2.22. The molecule has 114 valence electrons. The number of likely N-dealkylation sites (N-methyl/N-ethyl adjacent to an activating group) is 1. The third-order valence-corrected chi connectivity index (χ3v) is 5.04. The molecule has 0 saturated carbocycles. The number of hydrogen-bond acceptors (Lipinski definition) is 6. The van der Waals surface area contributed by atoms with E-state index >= 15 is 0 Å². The Labute approximate surface area is 130 Å². The zero-order chi connectivity index (χ0) is 15.6. The lowest BCUT2D eigenvalue weighted by molar-refractivity contribution is -0.133. The molecule has 0 fully saturated rings. The first-order valence-corrected chi connectivity index (χ1v) is 8.25. The van der Waals surface area contributed by atoms with Gasteiger partial charge in [0.05, 0.1) is 11.3 Å². The number of carbonyl (C=O) groups is 1. The summed E-state index contributed by atoms with van der Waals surface area (Å²) in [6.45, 7) is 2.49. The molecule has 0 aliphatic rings. The Kier molecular flexibility index (Phi) is 5.02. The van der Waals surface area contributed by atoms with Crippen molar-refractivity contribution in [1.29, 1.82) is 0 Å². The summed E-state index contributed by atoms with van der Waals surface area (Å²) in [6, 6.07) is 1.93.